The molecule has 2 atom stereocenters. The van der Waals surface area contributed by atoms with Crippen molar-refractivity contribution in [3.8, 4) is 22.3 Å². The molecule has 0 saturated carbocycles. The second-order valence-corrected chi connectivity index (χ2v) is 18.5. The highest BCUT2D eigenvalue weighted by Crippen LogP contribution is 2.49. The van der Waals surface area contributed by atoms with Crippen molar-refractivity contribution in [2.24, 2.45) is 10.9 Å². The van der Waals surface area contributed by atoms with E-state index >= 15 is 0 Å². The molecule has 0 bridgehead atoms. The number of nitrogens with zero attached hydrogens (tertiary/aromatic N) is 1. The van der Waals surface area contributed by atoms with E-state index < -0.39 is 0 Å². The zero-order chi connectivity index (χ0) is 44.1. The van der Waals surface area contributed by atoms with Crippen molar-refractivity contribution in [2.75, 3.05) is 0 Å². The van der Waals surface area contributed by atoms with E-state index in [1.54, 1.807) is 0 Å². The molecule has 0 saturated heterocycles. The second kappa shape index (κ2) is 16.7. The highest BCUT2D eigenvalue weighted by Gasteiger charge is 2.31. The Morgan fingerprint density at radius 1 is 0.636 bits per heavy atom. The highest BCUT2D eigenvalue weighted by molar-refractivity contribution is 6.10. The average molecular weight is 846 g/mol. The van der Waals surface area contributed by atoms with E-state index in [1.165, 1.54) is 88.3 Å². The fraction of sp³-hybridized carbons (Fsp3) is 0.123. The Labute approximate surface area is 388 Å². The smallest absolute Gasteiger partial charge is 0.0711 e. The molecule has 1 nitrogen and oxygen atoms in total. The van der Waals surface area contributed by atoms with Gasteiger partial charge in [-0.25, -0.2) is 0 Å². The molecule has 0 spiro atoms. The summed E-state index contributed by atoms with van der Waals surface area (Å²) >= 11 is 0. The van der Waals surface area contributed by atoms with Crippen LogP contribution in [0, 0.1) is 12.8 Å². The van der Waals surface area contributed by atoms with Crippen LogP contribution in [0.3, 0.4) is 0 Å². The van der Waals surface area contributed by atoms with Crippen LogP contribution in [0.4, 0.5) is 0 Å². The molecule has 8 aromatic carbocycles. The van der Waals surface area contributed by atoms with Crippen LogP contribution in [0.2, 0.25) is 0 Å². The maximum absolute atomic E-state index is 5.49. The van der Waals surface area contributed by atoms with Crippen molar-refractivity contribution in [1.29, 1.82) is 0 Å². The van der Waals surface area contributed by atoms with Crippen molar-refractivity contribution < 1.29 is 0 Å². The number of benzene rings is 8. The van der Waals surface area contributed by atoms with Gasteiger partial charge in [-0.3, -0.25) is 4.99 Å². The minimum atomic E-state index is 0.169. The van der Waals surface area contributed by atoms with Crippen molar-refractivity contribution in [2.45, 2.75) is 44.9 Å². The van der Waals surface area contributed by atoms with Crippen LogP contribution in [0.5, 0.6) is 0 Å². The molecule has 0 aromatic heterocycles. The Kier molecular flexibility index (Phi) is 10.1. The Hall–Kier alpha value is -7.61. The minimum absolute atomic E-state index is 0.169. The lowest BCUT2D eigenvalue weighted by Crippen LogP contribution is -2.15. The number of aryl methyl sites for hydroxylation is 1. The molecular weight excluding hydrogens is 795 g/mol. The molecule has 0 fully saturated rings. The normalized spacial score (nSPS) is 17.4. The molecule has 316 valence electrons. The molecule has 0 N–H and O–H groups in total. The van der Waals surface area contributed by atoms with E-state index in [0.717, 1.165) is 65.8 Å². The first-order valence-electron chi connectivity index (χ1n) is 23.7. The average Bonchev–Trinajstić information content (AvgIpc) is 3.55. The van der Waals surface area contributed by atoms with E-state index in [0.29, 0.717) is 0 Å². The first-order valence-corrected chi connectivity index (χ1v) is 23.7. The maximum Gasteiger partial charge on any atom is 0.0711 e. The Bertz CT molecular complexity index is 3470. The number of fused-ring (bicyclic) bond motifs is 6. The van der Waals surface area contributed by atoms with Crippen molar-refractivity contribution in [3.05, 3.63) is 268 Å². The van der Waals surface area contributed by atoms with Crippen LogP contribution >= 0.6 is 0 Å². The summed E-state index contributed by atoms with van der Waals surface area (Å²) in [5.41, 5.74) is 23.1. The lowest BCUT2D eigenvalue weighted by atomic mass is 9.71. The molecule has 1 aliphatic heterocycles. The highest BCUT2D eigenvalue weighted by atomic mass is 14.8. The van der Waals surface area contributed by atoms with Gasteiger partial charge in [0.15, 0.2) is 0 Å². The predicted molar refractivity (Wildman–Crippen MR) is 281 cm³/mol. The van der Waals surface area contributed by atoms with Gasteiger partial charge in [-0.05, 0) is 162 Å². The molecule has 8 aromatic rings. The van der Waals surface area contributed by atoms with E-state index in [4.69, 9.17) is 4.99 Å². The Morgan fingerprint density at radius 3 is 2.32 bits per heavy atom. The van der Waals surface area contributed by atoms with Crippen molar-refractivity contribution in [1.82, 2.24) is 0 Å². The topological polar surface area (TPSA) is 12.4 Å². The molecule has 3 aliphatic carbocycles. The monoisotopic (exact) mass is 845 g/mol. The number of rotatable bonds is 7. The van der Waals surface area contributed by atoms with Crippen molar-refractivity contribution >= 4 is 44.6 Å². The van der Waals surface area contributed by atoms with E-state index in [1.807, 2.05) is 0 Å². The van der Waals surface area contributed by atoms with Gasteiger partial charge in [0.05, 0.1) is 5.70 Å². The van der Waals surface area contributed by atoms with Gasteiger partial charge in [0.2, 0.25) is 0 Å². The summed E-state index contributed by atoms with van der Waals surface area (Å²) in [6.07, 6.45) is 22.8. The zero-order valence-corrected chi connectivity index (χ0v) is 37.5. The summed E-state index contributed by atoms with van der Waals surface area (Å²) < 4.78 is 0. The fourth-order valence-electron chi connectivity index (χ4n) is 11.4. The molecule has 1 heteroatoms. The number of hydrogen-bond donors (Lipinski definition) is 0. The number of allylic oxidation sites excluding steroid dienone is 9. The summed E-state index contributed by atoms with van der Waals surface area (Å²) in [6.45, 7) is 6.90. The first kappa shape index (κ1) is 39.9. The number of hydrogen-bond acceptors (Lipinski definition) is 1. The van der Waals surface area contributed by atoms with Gasteiger partial charge in [-0.2, -0.15) is 0 Å². The van der Waals surface area contributed by atoms with Crippen LogP contribution in [0.25, 0.3) is 61.1 Å². The number of aliphatic imine (C=N–C) groups is 1. The first-order chi connectivity index (χ1) is 32.6. The van der Waals surface area contributed by atoms with Gasteiger partial charge in [0, 0.05) is 23.1 Å². The molecular formula is C65H51N. The molecule has 0 radical (unpaired) electrons. The summed E-state index contributed by atoms with van der Waals surface area (Å²) in [7, 11) is 0. The van der Waals surface area contributed by atoms with E-state index in [9.17, 15) is 0 Å². The third-order valence-corrected chi connectivity index (χ3v) is 14.6. The third kappa shape index (κ3) is 7.07. The minimum Gasteiger partial charge on any atom is -0.252 e. The van der Waals surface area contributed by atoms with E-state index in [-0.39, 0.29) is 11.8 Å². The predicted octanol–water partition coefficient (Wildman–Crippen LogP) is 16.4. The molecule has 4 aliphatic rings. The molecule has 66 heavy (non-hydrogen) atoms. The van der Waals surface area contributed by atoms with E-state index in [2.05, 4.69) is 220 Å². The SMILES string of the molecule is C=C1C=C(c2ccc3cccc(C4Cc5cc6ccccc6c(Cc6ccc7c(c6-c6ccccc6C)CCC=C7)c5-c5ccccc54)c3c2)N=C(C2C=CC=CC2)C=C1c1ccccc1. The van der Waals surface area contributed by atoms with Gasteiger partial charge < -0.3 is 0 Å². The zero-order valence-electron chi connectivity index (χ0n) is 37.5. The largest absolute Gasteiger partial charge is 0.252 e. The standard InChI is InChI=1S/C65H51N/c1-42-18-9-12-26-52(42)64-50(35-33-45-21-10-14-28-54(45)64)39-61-53-27-13-11-24-48(53)37-51-40-60(55-29-15-16-30-57(55)65(51)61)56-31-17-25-46-32-34-49(38-59(46)56)62-36-43(2)58(44-19-5-3-6-20-44)41-63(66-62)47-22-7-4-8-23-47/h3-13,15-22,24-27,29-38,41,47,60H,2,14,23,28,39-40H2,1H3. The van der Waals surface area contributed by atoms with Gasteiger partial charge in [-0.1, -0.05) is 195 Å². The molecule has 2 unspecified atom stereocenters. The van der Waals surface area contributed by atoms with Gasteiger partial charge in [0.25, 0.3) is 0 Å². The summed E-state index contributed by atoms with van der Waals surface area (Å²) in [6, 6.07) is 59.1. The van der Waals surface area contributed by atoms with Crippen LogP contribution in [0.15, 0.2) is 217 Å². The van der Waals surface area contributed by atoms with Crippen LogP contribution < -0.4 is 0 Å². The van der Waals surface area contributed by atoms with Crippen LogP contribution in [-0.4, -0.2) is 5.71 Å². The molecule has 12 rings (SSSR count). The lowest BCUT2D eigenvalue weighted by molar-refractivity contribution is 0.799. The van der Waals surface area contributed by atoms with Gasteiger partial charge in [0.1, 0.15) is 0 Å². The Morgan fingerprint density at radius 2 is 1.44 bits per heavy atom. The lowest BCUT2D eigenvalue weighted by Gasteiger charge is -2.32. The van der Waals surface area contributed by atoms with Gasteiger partial charge >= 0.3 is 0 Å². The molecule has 0 amide bonds. The van der Waals surface area contributed by atoms with Crippen LogP contribution in [0.1, 0.15) is 74.4 Å². The molecule has 1 heterocycles. The third-order valence-electron chi connectivity index (χ3n) is 14.6. The van der Waals surface area contributed by atoms with Gasteiger partial charge in [-0.15, -0.1) is 0 Å². The second-order valence-electron chi connectivity index (χ2n) is 18.5. The summed E-state index contributed by atoms with van der Waals surface area (Å²) in [4.78, 5) is 5.49. The fourth-order valence-corrected chi connectivity index (χ4v) is 11.4. The summed E-state index contributed by atoms with van der Waals surface area (Å²) in [5.74, 6) is 0.361. The quantitative estimate of drug-likeness (QED) is 0.152. The Balaban J connectivity index is 0.992. The van der Waals surface area contributed by atoms with Crippen LogP contribution in [-0.2, 0) is 19.3 Å². The maximum atomic E-state index is 5.49. The van der Waals surface area contributed by atoms with Crippen molar-refractivity contribution in [3.63, 3.8) is 0 Å². The summed E-state index contributed by atoms with van der Waals surface area (Å²) in [5, 5.41) is 5.17.